The summed E-state index contributed by atoms with van der Waals surface area (Å²) in [4.78, 5) is 12.4. The third kappa shape index (κ3) is 3.64. The van der Waals surface area contributed by atoms with Gasteiger partial charge < -0.3 is 10.2 Å². The minimum absolute atomic E-state index is 0.232. The molecular formula is C11H19NO3. The summed E-state index contributed by atoms with van der Waals surface area (Å²) in [6.45, 7) is 6.35. The summed E-state index contributed by atoms with van der Waals surface area (Å²) in [7, 11) is 0. The zero-order valence-corrected chi connectivity index (χ0v) is 9.26. The average molecular weight is 213 g/mol. The molecule has 0 aromatic rings. The van der Waals surface area contributed by atoms with Crippen LogP contribution in [0.2, 0.25) is 0 Å². The van der Waals surface area contributed by atoms with E-state index in [4.69, 9.17) is 5.11 Å². The van der Waals surface area contributed by atoms with E-state index in [2.05, 4.69) is 4.90 Å². The highest BCUT2D eigenvalue weighted by atomic mass is 16.4. The number of carboxylic acid groups (broad SMARTS) is 1. The number of aliphatic carboxylic acids is 1. The van der Waals surface area contributed by atoms with Crippen molar-refractivity contribution in [2.45, 2.75) is 20.0 Å². The highest BCUT2D eigenvalue weighted by Gasteiger charge is 2.29. The van der Waals surface area contributed by atoms with Crippen molar-refractivity contribution >= 4 is 5.97 Å². The van der Waals surface area contributed by atoms with Gasteiger partial charge in [0.2, 0.25) is 0 Å². The number of hydrogen-bond donors (Lipinski definition) is 2. The largest absolute Gasteiger partial charge is 0.478 e. The third-order valence-electron chi connectivity index (χ3n) is 2.88. The van der Waals surface area contributed by atoms with Gasteiger partial charge in [-0.1, -0.05) is 19.9 Å². The zero-order chi connectivity index (χ0) is 11.4. The standard InChI is InChI=1S/C11H19NO3/c1-8-6-12(5-3-4-10(13)14)7-9(2)11(8)15/h3-4,8-9,11,15H,5-7H2,1-2H3,(H,13,14). The van der Waals surface area contributed by atoms with Crippen molar-refractivity contribution in [3.05, 3.63) is 12.2 Å². The number of likely N-dealkylation sites (tertiary alicyclic amines) is 1. The SMILES string of the molecule is CC1CN(CC=CC(=O)O)CC(C)C1O. The van der Waals surface area contributed by atoms with Gasteiger partial charge in [0.1, 0.15) is 0 Å². The Morgan fingerprint density at radius 3 is 2.40 bits per heavy atom. The fraction of sp³-hybridized carbons (Fsp3) is 0.727. The topological polar surface area (TPSA) is 60.8 Å². The van der Waals surface area contributed by atoms with Crippen molar-refractivity contribution in [3.63, 3.8) is 0 Å². The van der Waals surface area contributed by atoms with Crippen LogP contribution in [0.3, 0.4) is 0 Å². The third-order valence-corrected chi connectivity index (χ3v) is 2.88. The molecule has 1 fully saturated rings. The summed E-state index contributed by atoms with van der Waals surface area (Å²) in [6.07, 6.45) is 2.59. The first kappa shape index (κ1) is 12.2. The monoisotopic (exact) mass is 213 g/mol. The van der Waals surface area contributed by atoms with Crippen LogP contribution in [0.5, 0.6) is 0 Å². The number of carboxylic acids is 1. The van der Waals surface area contributed by atoms with Crippen LogP contribution in [0.1, 0.15) is 13.8 Å². The van der Waals surface area contributed by atoms with E-state index in [1.54, 1.807) is 6.08 Å². The van der Waals surface area contributed by atoms with Crippen molar-refractivity contribution in [2.24, 2.45) is 11.8 Å². The Morgan fingerprint density at radius 2 is 1.93 bits per heavy atom. The minimum atomic E-state index is -0.909. The Hall–Kier alpha value is -0.870. The number of carbonyl (C=O) groups is 1. The molecule has 1 aliphatic heterocycles. The Bertz CT molecular complexity index is 240. The Morgan fingerprint density at radius 1 is 1.40 bits per heavy atom. The lowest BCUT2D eigenvalue weighted by Gasteiger charge is -2.38. The maximum absolute atomic E-state index is 10.3. The molecule has 0 aliphatic carbocycles. The first-order valence-electron chi connectivity index (χ1n) is 5.30. The summed E-state index contributed by atoms with van der Waals surface area (Å²) in [6, 6.07) is 0. The first-order chi connectivity index (χ1) is 7.00. The molecule has 2 unspecified atom stereocenters. The van der Waals surface area contributed by atoms with Crippen LogP contribution in [-0.2, 0) is 4.79 Å². The Kier molecular flexibility index (Phi) is 4.29. The van der Waals surface area contributed by atoms with Gasteiger partial charge in [0.25, 0.3) is 0 Å². The smallest absolute Gasteiger partial charge is 0.328 e. The molecule has 1 aliphatic rings. The van der Waals surface area contributed by atoms with Crippen LogP contribution in [0.15, 0.2) is 12.2 Å². The van der Waals surface area contributed by atoms with E-state index in [9.17, 15) is 9.90 Å². The summed E-state index contributed by atoms with van der Waals surface area (Å²) in [5, 5.41) is 18.2. The van der Waals surface area contributed by atoms with Gasteiger partial charge in [0, 0.05) is 25.7 Å². The quantitative estimate of drug-likeness (QED) is 0.673. The second-order valence-electron chi connectivity index (χ2n) is 4.40. The average Bonchev–Trinajstić information content (AvgIpc) is 2.13. The highest BCUT2D eigenvalue weighted by molar-refractivity contribution is 5.79. The lowest BCUT2D eigenvalue weighted by Crippen LogP contribution is -2.47. The summed E-state index contributed by atoms with van der Waals surface area (Å²) in [5.41, 5.74) is 0. The van der Waals surface area contributed by atoms with Crippen molar-refractivity contribution in [1.29, 1.82) is 0 Å². The molecule has 1 rings (SSSR count). The molecule has 0 aromatic heterocycles. The van der Waals surface area contributed by atoms with Gasteiger partial charge in [-0.3, -0.25) is 4.90 Å². The maximum Gasteiger partial charge on any atom is 0.328 e. The molecule has 0 saturated carbocycles. The molecule has 0 spiro atoms. The predicted molar refractivity (Wildman–Crippen MR) is 57.6 cm³/mol. The predicted octanol–water partition coefficient (Wildman–Crippen LogP) is 0.576. The second kappa shape index (κ2) is 5.28. The van der Waals surface area contributed by atoms with Crippen molar-refractivity contribution in [2.75, 3.05) is 19.6 Å². The molecule has 1 heterocycles. The zero-order valence-electron chi connectivity index (χ0n) is 9.26. The van der Waals surface area contributed by atoms with E-state index in [0.717, 1.165) is 13.1 Å². The van der Waals surface area contributed by atoms with Gasteiger partial charge in [0.15, 0.2) is 0 Å². The maximum atomic E-state index is 10.3. The lowest BCUT2D eigenvalue weighted by molar-refractivity contribution is -0.131. The van der Waals surface area contributed by atoms with Crippen molar-refractivity contribution in [1.82, 2.24) is 4.90 Å². The van der Waals surface area contributed by atoms with Crippen LogP contribution >= 0.6 is 0 Å². The van der Waals surface area contributed by atoms with Crippen molar-refractivity contribution in [3.8, 4) is 0 Å². The van der Waals surface area contributed by atoms with Gasteiger partial charge in [-0.2, -0.15) is 0 Å². The molecule has 86 valence electrons. The molecule has 0 aromatic carbocycles. The lowest BCUT2D eigenvalue weighted by atomic mass is 9.88. The minimum Gasteiger partial charge on any atom is -0.478 e. The second-order valence-corrected chi connectivity index (χ2v) is 4.40. The normalized spacial score (nSPS) is 33.4. The number of aliphatic hydroxyl groups excluding tert-OH is 1. The van der Waals surface area contributed by atoms with Gasteiger partial charge >= 0.3 is 5.97 Å². The fourth-order valence-corrected chi connectivity index (χ4v) is 2.12. The van der Waals surface area contributed by atoms with Crippen molar-refractivity contribution < 1.29 is 15.0 Å². The molecular weight excluding hydrogens is 194 g/mol. The molecule has 2 N–H and O–H groups in total. The first-order valence-corrected chi connectivity index (χ1v) is 5.30. The van der Waals surface area contributed by atoms with Crippen LogP contribution in [0, 0.1) is 11.8 Å². The fourth-order valence-electron chi connectivity index (χ4n) is 2.12. The van der Waals surface area contributed by atoms with Crippen LogP contribution in [0.25, 0.3) is 0 Å². The highest BCUT2D eigenvalue weighted by Crippen LogP contribution is 2.21. The van der Waals surface area contributed by atoms with Gasteiger partial charge in [-0.15, -0.1) is 0 Å². The molecule has 0 bridgehead atoms. The summed E-state index contributed by atoms with van der Waals surface area (Å²) in [5.74, 6) is -0.396. The number of rotatable bonds is 3. The van der Waals surface area contributed by atoms with E-state index < -0.39 is 5.97 Å². The van der Waals surface area contributed by atoms with Crippen LogP contribution in [0.4, 0.5) is 0 Å². The molecule has 15 heavy (non-hydrogen) atoms. The number of hydrogen-bond acceptors (Lipinski definition) is 3. The molecule has 0 amide bonds. The molecule has 0 radical (unpaired) electrons. The summed E-state index contributed by atoms with van der Waals surface area (Å²) >= 11 is 0. The van der Waals surface area contributed by atoms with E-state index in [1.165, 1.54) is 6.08 Å². The molecule has 2 atom stereocenters. The van der Waals surface area contributed by atoms with E-state index >= 15 is 0 Å². The number of piperidine rings is 1. The van der Waals surface area contributed by atoms with Crippen LogP contribution in [-0.4, -0.2) is 46.8 Å². The number of nitrogens with zero attached hydrogens (tertiary/aromatic N) is 1. The summed E-state index contributed by atoms with van der Waals surface area (Å²) < 4.78 is 0. The van der Waals surface area contributed by atoms with Gasteiger partial charge in [0.05, 0.1) is 6.10 Å². The Labute approximate surface area is 90.2 Å². The van der Waals surface area contributed by atoms with E-state index in [-0.39, 0.29) is 17.9 Å². The Balaban J connectivity index is 2.41. The number of aliphatic hydroxyl groups is 1. The van der Waals surface area contributed by atoms with Crippen LogP contribution < -0.4 is 0 Å². The van der Waals surface area contributed by atoms with E-state index in [1.807, 2.05) is 13.8 Å². The van der Waals surface area contributed by atoms with Gasteiger partial charge in [-0.05, 0) is 11.8 Å². The molecule has 4 heteroatoms. The molecule has 4 nitrogen and oxygen atoms in total. The molecule has 1 saturated heterocycles. The van der Waals surface area contributed by atoms with E-state index in [0.29, 0.717) is 6.54 Å². The van der Waals surface area contributed by atoms with Gasteiger partial charge in [-0.25, -0.2) is 4.79 Å².